The summed E-state index contributed by atoms with van der Waals surface area (Å²) in [5.41, 5.74) is 1.60. The molecule has 1 amide bonds. The summed E-state index contributed by atoms with van der Waals surface area (Å²) >= 11 is 1.36. The Morgan fingerprint density at radius 2 is 1.80 bits per heavy atom. The first-order valence-corrected chi connectivity index (χ1v) is 10.5. The summed E-state index contributed by atoms with van der Waals surface area (Å²) in [5, 5.41) is 12.7. The lowest BCUT2D eigenvalue weighted by Crippen LogP contribution is -2.49. The van der Waals surface area contributed by atoms with Gasteiger partial charge in [-0.2, -0.15) is 4.68 Å². The Morgan fingerprint density at radius 1 is 1.03 bits per heavy atom. The van der Waals surface area contributed by atoms with Crippen molar-refractivity contribution in [2.24, 2.45) is 0 Å². The standard InChI is InChI=1S/C21H19FN6OS/c1-14-18-16(22)8-5-9-17(18)30-19(14)20(29)26-10-12-27(13-11-26)21-23-24-25-28(21)15-6-3-2-4-7-15/h2-9H,10-13H2,1H3. The fourth-order valence-electron chi connectivity index (χ4n) is 3.83. The summed E-state index contributed by atoms with van der Waals surface area (Å²) < 4.78 is 16.7. The van der Waals surface area contributed by atoms with Crippen molar-refractivity contribution in [3.8, 4) is 5.69 Å². The van der Waals surface area contributed by atoms with E-state index in [4.69, 9.17) is 0 Å². The second kappa shape index (κ2) is 7.49. The largest absolute Gasteiger partial charge is 0.336 e. The zero-order chi connectivity index (χ0) is 20.7. The number of rotatable bonds is 3. The summed E-state index contributed by atoms with van der Waals surface area (Å²) in [6.07, 6.45) is 0. The van der Waals surface area contributed by atoms with E-state index in [1.54, 1.807) is 10.7 Å². The highest BCUT2D eigenvalue weighted by molar-refractivity contribution is 7.21. The van der Waals surface area contributed by atoms with Crippen LogP contribution < -0.4 is 4.90 Å². The van der Waals surface area contributed by atoms with Gasteiger partial charge in [-0.05, 0) is 47.2 Å². The number of hydrogen-bond donors (Lipinski definition) is 0. The third kappa shape index (κ3) is 3.11. The number of hydrogen-bond acceptors (Lipinski definition) is 6. The molecule has 3 heterocycles. The van der Waals surface area contributed by atoms with Crippen LogP contribution in [0.15, 0.2) is 48.5 Å². The molecule has 7 nitrogen and oxygen atoms in total. The van der Waals surface area contributed by atoms with Crippen LogP contribution in [0.3, 0.4) is 0 Å². The Hall–Kier alpha value is -3.33. The molecule has 4 aromatic rings. The number of piperazine rings is 1. The molecule has 5 rings (SSSR count). The molecule has 152 valence electrons. The summed E-state index contributed by atoms with van der Waals surface area (Å²) in [5.74, 6) is 0.335. The number of nitrogens with zero attached hydrogens (tertiary/aromatic N) is 6. The van der Waals surface area contributed by atoms with Gasteiger partial charge in [0.15, 0.2) is 0 Å². The Bertz CT molecular complexity index is 1210. The fourth-order valence-corrected chi connectivity index (χ4v) is 5.02. The molecule has 0 bridgehead atoms. The Labute approximate surface area is 176 Å². The van der Waals surface area contributed by atoms with Crippen LogP contribution in [-0.2, 0) is 0 Å². The van der Waals surface area contributed by atoms with E-state index in [0.717, 1.165) is 10.4 Å². The summed E-state index contributed by atoms with van der Waals surface area (Å²) in [6, 6.07) is 14.7. The van der Waals surface area contributed by atoms with Crippen LogP contribution in [0.1, 0.15) is 15.2 Å². The average molecular weight is 422 g/mol. The van der Waals surface area contributed by atoms with Crippen LogP contribution in [0.2, 0.25) is 0 Å². The third-order valence-electron chi connectivity index (χ3n) is 5.40. The second-order valence-corrected chi connectivity index (χ2v) is 8.23. The normalized spacial score (nSPS) is 14.5. The SMILES string of the molecule is Cc1c(C(=O)N2CCN(c3nnnn3-c3ccccc3)CC2)sc2cccc(F)c12. The molecular formula is C21H19FN6OS. The molecular weight excluding hydrogens is 403 g/mol. The fraction of sp³-hybridized carbons (Fsp3) is 0.238. The van der Waals surface area contributed by atoms with Gasteiger partial charge >= 0.3 is 0 Å². The van der Waals surface area contributed by atoms with E-state index in [2.05, 4.69) is 20.4 Å². The van der Waals surface area contributed by atoms with Crippen molar-refractivity contribution in [3.05, 3.63) is 64.8 Å². The lowest BCUT2D eigenvalue weighted by atomic mass is 10.1. The minimum Gasteiger partial charge on any atom is -0.336 e. The molecule has 0 saturated carbocycles. The molecule has 30 heavy (non-hydrogen) atoms. The third-order valence-corrected chi connectivity index (χ3v) is 6.65. The number of thiophene rings is 1. The van der Waals surface area contributed by atoms with Crippen molar-refractivity contribution in [3.63, 3.8) is 0 Å². The van der Waals surface area contributed by atoms with Crippen molar-refractivity contribution in [1.29, 1.82) is 0 Å². The van der Waals surface area contributed by atoms with E-state index in [-0.39, 0.29) is 11.7 Å². The number of anilines is 1. The van der Waals surface area contributed by atoms with Crippen LogP contribution in [0.5, 0.6) is 0 Å². The maximum Gasteiger partial charge on any atom is 0.264 e. The molecule has 0 spiro atoms. The lowest BCUT2D eigenvalue weighted by molar-refractivity contribution is 0.0750. The van der Waals surface area contributed by atoms with Crippen molar-refractivity contribution in [2.75, 3.05) is 31.1 Å². The van der Waals surface area contributed by atoms with Crippen molar-refractivity contribution in [2.45, 2.75) is 6.92 Å². The number of tetrazole rings is 1. The molecule has 0 unspecified atom stereocenters. The lowest BCUT2D eigenvalue weighted by Gasteiger charge is -2.34. The number of carbonyl (C=O) groups excluding carboxylic acids is 1. The van der Waals surface area contributed by atoms with Gasteiger partial charge in [-0.15, -0.1) is 11.3 Å². The molecule has 0 aliphatic carbocycles. The van der Waals surface area contributed by atoms with Gasteiger partial charge in [0.05, 0.1) is 10.6 Å². The quantitative estimate of drug-likeness (QED) is 0.507. The maximum absolute atomic E-state index is 14.2. The Kier molecular flexibility index (Phi) is 4.66. The number of fused-ring (bicyclic) bond motifs is 1. The summed E-state index contributed by atoms with van der Waals surface area (Å²) in [7, 11) is 0. The highest BCUT2D eigenvalue weighted by Crippen LogP contribution is 2.33. The first-order chi connectivity index (χ1) is 14.6. The van der Waals surface area contributed by atoms with E-state index in [1.807, 2.05) is 48.2 Å². The van der Waals surface area contributed by atoms with Crippen LogP contribution in [-0.4, -0.2) is 57.2 Å². The molecule has 2 aromatic heterocycles. The Balaban J connectivity index is 1.34. The van der Waals surface area contributed by atoms with Crippen molar-refractivity contribution < 1.29 is 9.18 Å². The minimum absolute atomic E-state index is 0.0459. The molecule has 0 radical (unpaired) electrons. The minimum atomic E-state index is -0.280. The number of benzene rings is 2. The van der Waals surface area contributed by atoms with Gasteiger partial charge in [0.2, 0.25) is 5.95 Å². The van der Waals surface area contributed by atoms with E-state index < -0.39 is 0 Å². The number of carbonyl (C=O) groups is 1. The second-order valence-electron chi connectivity index (χ2n) is 7.17. The number of aryl methyl sites for hydroxylation is 1. The molecule has 0 N–H and O–H groups in total. The highest BCUT2D eigenvalue weighted by Gasteiger charge is 2.28. The maximum atomic E-state index is 14.2. The van der Waals surface area contributed by atoms with Crippen LogP contribution >= 0.6 is 11.3 Å². The summed E-state index contributed by atoms with van der Waals surface area (Å²) in [6.45, 7) is 4.17. The van der Waals surface area contributed by atoms with Crippen molar-refractivity contribution >= 4 is 33.3 Å². The topological polar surface area (TPSA) is 67.2 Å². The van der Waals surface area contributed by atoms with Gasteiger partial charge in [-0.3, -0.25) is 4.79 Å². The first-order valence-electron chi connectivity index (χ1n) is 9.69. The van der Waals surface area contributed by atoms with Gasteiger partial charge in [-0.25, -0.2) is 4.39 Å². The smallest absolute Gasteiger partial charge is 0.264 e. The van der Waals surface area contributed by atoms with Crippen LogP contribution in [0, 0.1) is 12.7 Å². The monoisotopic (exact) mass is 422 g/mol. The van der Waals surface area contributed by atoms with Gasteiger partial charge < -0.3 is 9.80 Å². The van der Waals surface area contributed by atoms with E-state index in [0.29, 0.717) is 48.0 Å². The van der Waals surface area contributed by atoms with Gasteiger partial charge in [0.25, 0.3) is 5.91 Å². The summed E-state index contributed by atoms with van der Waals surface area (Å²) in [4.78, 5) is 17.6. The van der Waals surface area contributed by atoms with Crippen LogP contribution in [0.25, 0.3) is 15.8 Å². The molecule has 1 aliphatic rings. The van der Waals surface area contributed by atoms with Crippen molar-refractivity contribution in [1.82, 2.24) is 25.1 Å². The predicted molar refractivity (Wildman–Crippen MR) is 114 cm³/mol. The van der Waals surface area contributed by atoms with E-state index in [9.17, 15) is 9.18 Å². The Morgan fingerprint density at radius 3 is 2.53 bits per heavy atom. The molecule has 9 heteroatoms. The van der Waals surface area contributed by atoms with Gasteiger partial charge in [-0.1, -0.05) is 29.4 Å². The van der Waals surface area contributed by atoms with E-state index in [1.165, 1.54) is 17.4 Å². The number of amides is 1. The molecule has 1 saturated heterocycles. The molecule has 1 aliphatic heterocycles. The van der Waals surface area contributed by atoms with Crippen LogP contribution in [0.4, 0.5) is 10.3 Å². The number of aromatic nitrogens is 4. The highest BCUT2D eigenvalue weighted by atomic mass is 32.1. The predicted octanol–water partition coefficient (Wildman–Crippen LogP) is 3.29. The molecule has 2 aromatic carbocycles. The number of halogens is 1. The number of para-hydroxylation sites is 1. The van der Waals surface area contributed by atoms with Gasteiger partial charge in [0.1, 0.15) is 5.82 Å². The van der Waals surface area contributed by atoms with E-state index >= 15 is 0 Å². The molecule has 1 fully saturated rings. The first kappa shape index (κ1) is 18.7. The van der Waals surface area contributed by atoms with Gasteiger partial charge in [0, 0.05) is 36.3 Å². The zero-order valence-corrected chi connectivity index (χ0v) is 17.1. The zero-order valence-electron chi connectivity index (χ0n) is 16.3. The average Bonchev–Trinajstić information content (AvgIpc) is 3.40. The molecule has 0 atom stereocenters.